The number of nitrogens with zero attached hydrogens (tertiary/aromatic N) is 1. The number of hydrogen-bond donors (Lipinski definition) is 3. The molecule has 3 N–H and O–H groups in total. The van der Waals surface area contributed by atoms with Crippen LogP contribution < -0.4 is 16.0 Å². The average molecular weight is 493 g/mol. The fraction of sp³-hybridized carbons (Fsp3) is 0.483. The number of amides is 3. The molecule has 0 heterocycles. The summed E-state index contributed by atoms with van der Waals surface area (Å²) in [6, 6.07) is 11.8. The largest absolute Gasteiger partial charge is 0.352 e. The van der Waals surface area contributed by atoms with E-state index in [1.54, 1.807) is 4.90 Å². The summed E-state index contributed by atoms with van der Waals surface area (Å²) in [7, 11) is 0. The van der Waals surface area contributed by atoms with Crippen molar-refractivity contribution in [2.24, 2.45) is 5.92 Å². The van der Waals surface area contributed by atoms with Crippen LogP contribution in [0.3, 0.4) is 0 Å². The third-order valence-electron chi connectivity index (χ3n) is 7.05. The number of para-hydroxylation sites is 2. The Kier molecular flexibility index (Phi) is 9.65. The molecule has 0 aromatic heterocycles. The summed E-state index contributed by atoms with van der Waals surface area (Å²) in [4.78, 5) is 40.5. The number of nitrogens with one attached hydrogen (secondary N) is 3. The molecular weight excluding hydrogens is 452 g/mol. The van der Waals surface area contributed by atoms with Crippen LogP contribution in [0.25, 0.3) is 0 Å². The van der Waals surface area contributed by atoms with Crippen LogP contribution in [0, 0.1) is 33.6 Å². The first-order valence-electron chi connectivity index (χ1n) is 12.9. The molecule has 2 atom stereocenters. The minimum atomic E-state index is -0.258. The average Bonchev–Trinajstić information content (AvgIpc) is 2.80. The zero-order chi connectivity index (χ0) is 26.2. The second kappa shape index (κ2) is 12.7. The van der Waals surface area contributed by atoms with Crippen LogP contribution in [0.2, 0.25) is 0 Å². The summed E-state index contributed by atoms with van der Waals surface area (Å²) < 4.78 is 0. The van der Waals surface area contributed by atoms with Gasteiger partial charge < -0.3 is 16.0 Å². The van der Waals surface area contributed by atoms with E-state index in [9.17, 15) is 14.4 Å². The Labute approximate surface area is 215 Å². The van der Waals surface area contributed by atoms with Crippen molar-refractivity contribution in [3.8, 4) is 0 Å². The normalized spacial score (nSPS) is 17.5. The Hall–Kier alpha value is -3.19. The molecule has 2 aromatic rings. The summed E-state index contributed by atoms with van der Waals surface area (Å²) in [5, 5.41) is 9.07. The van der Waals surface area contributed by atoms with Gasteiger partial charge in [-0.1, -0.05) is 56.2 Å². The minimum Gasteiger partial charge on any atom is -0.352 e. The van der Waals surface area contributed by atoms with Gasteiger partial charge in [0.15, 0.2) is 0 Å². The van der Waals surface area contributed by atoms with Crippen molar-refractivity contribution in [2.75, 3.05) is 30.3 Å². The van der Waals surface area contributed by atoms with E-state index in [4.69, 9.17) is 0 Å². The smallest absolute Gasteiger partial charge is 0.238 e. The first-order chi connectivity index (χ1) is 17.1. The Bertz CT molecular complexity index is 990. The maximum absolute atomic E-state index is 13.0. The molecule has 3 amide bonds. The van der Waals surface area contributed by atoms with Crippen LogP contribution in [-0.4, -0.2) is 48.3 Å². The number of carbonyl (C=O) groups is 3. The highest BCUT2D eigenvalue weighted by Gasteiger charge is 2.25. The summed E-state index contributed by atoms with van der Waals surface area (Å²) >= 11 is 0. The maximum Gasteiger partial charge on any atom is 0.238 e. The number of carbonyl (C=O) groups excluding carboxylic acids is 3. The van der Waals surface area contributed by atoms with Gasteiger partial charge in [-0.25, -0.2) is 0 Å². The van der Waals surface area contributed by atoms with Gasteiger partial charge in [-0.05, 0) is 68.7 Å². The Morgan fingerprint density at radius 1 is 0.722 bits per heavy atom. The Morgan fingerprint density at radius 3 is 1.58 bits per heavy atom. The molecule has 3 rings (SSSR count). The van der Waals surface area contributed by atoms with Crippen LogP contribution in [0.15, 0.2) is 36.4 Å². The van der Waals surface area contributed by atoms with E-state index in [1.165, 1.54) is 6.42 Å². The van der Waals surface area contributed by atoms with E-state index in [0.717, 1.165) is 52.9 Å². The predicted octanol–water partition coefficient (Wildman–Crippen LogP) is 4.49. The lowest BCUT2D eigenvalue weighted by molar-refractivity contribution is -0.125. The quantitative estimate of drug-likeness (QED) is 0.481. The number of hydrogen-bond acceptors (Lipinski definition) is 4. The van der Waals surface area contributed by atoms with Crippen molar-refractivity contribution in [1.82, 2.24) is 10.2 Å². The number of benzene rings is 2. The molecule has 7 heteroatoms. The van der Waals surface area contributed by atoms with Crippen LogP contribution in [-0.2, 0) is 14.4 Å². The molecule has 0 radical (unpaired) electrons. The standard InChI is InChI=1S/C29H40N4O3/c1-19-10-6-7-15-24(19)30-25(34)16-33(17-26(35)31-28-20(2)11-8-12-21(28)3)18-27(36)32-29-22(4)13-9-14-23(29)5/h8-9,11-14,19,24H,6-7,10,15-18H2,1-5H3,(H,30,34)(H,31,35)(H,32,36). The molecule has 0 saturated heterocycles. The number of aryl methyl sites for hydroxylation is 4. The monoisotopic (exact) mass is 492 g/mol. The summed E-state index contributed by atoms with van der Waals surface area (Å²) in [6.07, 6.45) is 4.37. The molecule has 1 saturated carbocycles. The van der Waals surface area contributed by atoms with Gasteiger partial charge in [0.25, 0.3) is 0 Å². The zero-order valence-corrected chi connectivity index (χ0v) is 22.2. The predicted molar refractivity (Wildman–Crippen MR) is 145 cm³/mol. The van der Waals surface area contributed by atoms with Gasteiger partial charge >= 0.3 is 0 Å². The van der Waals surface area contributed by atoms with E-state index in [-0.39, 0.29) is 43.4 Å². The third-order valence-corrected chi connectivity index (χ3v) is 7.05. The van der Waals surface area contributed by atoms with Gasteiger partial charge in [0, 0.05) is 17.4 Å². The first kappa shape index (κ1) is 27.4. The van der Waals surface area contributed by atoms with Crippen molar-refractivity contribution < 1.29 is 14.4 Å². The van der Waals surface area contributed by atoms with Crippen molar-refractivity contribution >= 4 is 29.1 Å². The Morgan fingerprint density at radius 2 is 1.14 bits per heavy atom. The van der Waals surface area contributed by atoms with E-state index in [1.807, 2.05) is 64.1 Å². The van der Waals surface area contributed by atoms with E-state index < -0.39 is 0 Å². The molecular formula is C29H40N4O3. The molecule has 2 unspecified atom stereocenters. The fourth-order valence-electron chi connectivity index (χ4n) is 4.94. The maximum atomic E-state index is 13.0. The molecule has 0 bridgehead atoms. The second-order valence-electron chi connectivity index (χ2n) is 10.2. The molecule has 7 nitrogen and oxygen atoms in total. The molecule has 36 heavy (non-hydrogen) atoms. The van der Waals surface area contributed by atoms with Crippen molar-refractivity contribution in [2.45, 2.75) is 66.3 Å². The fourth-order valence-corrected chi connectivity index (χ4v) is 4.94. The number of rotatable bonds is 9. The van der Waals surface area contributed by atoms with Gasteiger partial charge in [0.2, 0.25) is 17.7 Å². The first-order valence-corrected chi connectivity index (χ1v) is 12.9. The van der Waals surface area contributed by atoms with Crippen molar-refractivity contribution in [3.63, 3.8) is 0 Å². The van der Waals surface area contributed by atoms with Crippen LogP contribution in [0.4, 0.5) is 11.4 Å². The van der Waals surface area contributed by atoms with Gasteiger partial charge in [0.05, 0.1) is 19.6 Å². The SMILES string of the molecule is Cc1cccc(C)c1NC(=O)CN(CC(=O)Nc1c(C)cccc1C)CC(=O)NC1CCCCC1C. The summed E-state index contributed by atoms with van der Waals surface area (Å²) in [6.45, 7) is 9.77. The van der Waals surface area contributed by atoms with Gasteiger partial charge in [-0.3, -0.25) is 19.3 Å². The van der Waals surface area contributed by atoms with Crippen LogP contribution in [0.1, 0.15) is 54.9 Å². The second-order valence-corrected chi connectivity index (χ2v) is 10.2. The Balaban J connectivity index is 1.69. The van der Waals surface area contributed by atoms with Gasteiger partial charge in [-0.2, -0.15) is 0 Å². The lowest BCUT2D eigenvalue weighted by Crippen LogP contribution is -2.48. The molecule has 1 aliphatic carbocycles. The summed E-state index contributed by atoms with van der Waals surface area (Å²) in [5.74, 6) is -0.249. The van der Waals surface area contributed by atoms with E-state index >= 15 is 0 Å². The topological polar surface area (TPSA) is 90.5 Å². The molecule has 194 valence electrons. The lowest BCUT2D eigenvalue weighted by atomic mass is 9.86. The minimum absolute atomic E-state index is 0.0242. The highest BCUT2D eigenvalue weighted by molar-refractivity contribution is 5.96. The molecule has 1 fully saturated rings. The van der Waals surface area contributed by atoms with E-state index in [0.29, 0.717) is 5.92 Å². The third kappa shape index (κ3) is 7.65. The van der Waals surface area contributed by atoms with Crippen molar-refractivity contribution in [3.05, 3.63) is 58.7 Å². The molecule has 0 spiro atoms. The zero-order valence-electron chi connectivity index (χ0n) is 22.2. The highest BCUT2D eigenvalue weighted by Crippen LogP contribution is 2.24. The molecule has 1 aliphatic rings. The lowest BCUT2D eigenvalue weighted by Gasteiger charge is -2.30. The summed E-state index contributed by atoms with van der Waals surface area (Å²) in [5.41, 5.74) is 5.39. The molecule has 2 aromatic carbocycles. The molecule has 0 aliphatic heterocycles. The highest BCUT2D eigenvalue weighted by atomic mass is 16.2. The van der Waals surface area contributed by atoms with Gasteiger partial charge in [0.1, 0.15) is 0 Å². The van der Waals surface area contributed by atoms with E-state index in [2.05, 4.69) is 22.9 Å². The van der Waals surface area contributed by atoms with Crippen LogP contribution in [0.5, 0.6) is 0 Å². The van der Waals surface area contributed by atoms with Gasteiger partial charge in [-0.15, -0.1) is 0 Å². The van der Waals surface area contributed by atoms with Crippen molar-refractivity contribution in [1.29, 1.82) is 0 Å². The number of anilines is 2. The van der Waals surface area contributed by atoms with Crippen LogP contribution >= 0.6 is 0 Å².